The molecule has 2 amide bonds. The van der Waals surface area contributed by atoms with Gasteiger partial charge < -0.3 is 10.1 Å². The average molecular weight is 403 g/mol. The van der Waals surface area contributed by atoms with Gasteiger partial charge in [0, 0.05) is 12.8 Å². The van der Waals surface area contributed by atoms with Crippen LogP contribution in [0.1, 0.15) is 57.4 Å². The second kappa shape index (κ2) is 9.15. The number of carbonyl (C=O) groups excluding carboxylic acids is 3. The Labute approximate surface area is 169 Å². The Hall–Kier alpha value is -2.77. The molecule has 1 aliphatic heterocycles. The van der Waals surface area contributed by atoms with Crippen LogP contribution in [0.5, 0.6) is 0 Å². The third-order valence-corrected chi connectivity index (χ3v) is 5.34. The minimum Gasteiger partial charge on any atom is -0.464 e. The molecule has 0 spiro atoms. The third kappa shape index (κ3) is 4.99. The van der Waals surface area contributed by atoms with Gasteiger partial charge in [0.1, 0.15) is 17.1 Å². The first-order chi connectivity index (χ1) is 13.9. The third-order valence-electron chi connectivity index (χ3n) is 5.34. The summed E-state index contributed by atoms with van der Waals surface area (Å²) in [5.74, 6) is -1.43. The number of hydrogen-bond acceptors (Lipinski definition) is 5. The molecule has 0 radical (unpaired) electrons. The van der Waals surface area contributed by atoms with E-state index in [0.29, 0.717) is 18.4 Å². The number of hydrazone groups is 1. The molecule has 1 aromatic carbocycles. The van der Waals surface area contributed by atoms with E-state index in [4.69, 9.17) is 4.74 Å². The van der Waals surface area contributed by atoms with Crippen molar-refractivity contribution in [3.8, 4) is 0 Å². The van der Waals surface area contributed by atoms with E-state index < -0.39 is 17.4 Å². The Bertz CT molecular complexity index is 801. The van der Waals surface area contributed by atoms with Crippen molar-refractivity contribution < 1.29 is 23.5 Å². The van der Waals surface area contributed by atoms with Crippen molar-refractivity contribution in [2.75, 3.05) is 6.61 Å². The summed E-state index contributed by atoms with van der Waals surface area (Å²) in [6.45, 7) is 2.14. The van der Waals surface area contributed by atoms with Crippen molar-refractivity contribution in [2.24, 2.45) is 5.10 Å². The normalized spacial score (nSPS) is 18.8. The molecule has 1 N–H and O–H groups in total. The first-order valence-electron chi connectivity index (χ1n) is 10.1. The molecule has 1 aliphatic carbocycles. The van der Waals surface area contributed by atoms with E-state index in [0.717, 1.165) is 19.3 Å². The van der Waals surface area contributed by atoms with Gasteiger partial charge in [-0.2, -0.15) is 5.10 Å². The maximum atomic E-state index is 13.1. The highest BCUT2D eigenvalue weighted by Gasteiger charge is 2.43. The molecule has 3 rings (SSSR count). The van der Waals surface area contributed by atoms with Gasteiger partial charge in [-0.15, -0.1) is 0 Å². The second-order valence-corrected chi connectivity index (χ2v) is 7.44. The molecule has 0 unspecified atom stereocenters. The van der Waals surface area contributed by atoms with Gasteiger partial charge in [0.25, 0.3) is 5.91 Å². The van der Waals surface area contributed by atoms with E-state index in [9.17, 15) is 18.8 Å². The summed E-state index contributed by atoms with van der Waals surface area (Å²) in [6.07, 6.45) is 4.11. The summed E-state index contributed by atoms with van der Waals surface area (Å²) in [7, 11) is 0. The Morgan fingerprint density at radius 1 is 1.17 bits per heavy atom. The maximum absolute atomic E-state index is 13.1. The molecule has 1 heterocycles. The van der Waals surface area contributed by atoms with Crippen LogP contribution in [-0.2, 0) is 25.7 Å². The van der Waals surface area contributed by atoms with E-state index in [1.54, 1.807) is 19.1 Å². The maximum Gasteiger partial charge on any atom is 0.331 e. The van der Waals surface area contributed by atoms with Gasteiger partial charge in [0.05, 0.1) is 13.2 Å². The van der Waals surface area contributed by atoms with Crippen LogP contribution in [0.3, 0.4) is 0 Å². The minimum atomic E-state index is -1.03. The highest BCUT2D eigenvalue weighted by atomic mass is 19.1. The van der Waals surface area contributed by atoms with Crippen LogP contribution in [0.25, 0.3) is 0 Å². The topological polar surface area (TPSA) is 88.1 Å². The molecule has 156 valence electrons. The fourth-order valence-electron chi connectivity index (χ4n) is 3.75. The van der Waals surface area contributed by atoms with Crippen molar-refractivity contribution in [2.45, 2.75) is 64.0 Å². The predicted molar refractivity (Wildman–Crippen MR) is 104 cm³/mol. The van der Waals surface area contributed by atoms with Crippen LogP contribution in [0, 0.1) is 5.82 Å². The van der Waals surface area contributed by atoms with Crippen LogP contribution in [-0.4, -0.2) is 40.7 Å². The first-order valence-corrected chi connectivity index (χ1v) is 10.1. The molecular weight excluding hydrogens is 377 g/mol. The number of esters is 1. The Morgan fingerprint density at radius 3 is 2.52 bits per heavy atom. The van der Waals surface area contributed by atoms with Gasteiger partial charge in [-0.05, 0) is 37.5 Å². The molecule has 0 bridgehead atoms. The van der Waals surface area contributed by atoms with Crippen molar-refractivity contribution in [3.63, 3.8) is 0 Å². The van der Waals surface area contributed by atoms with Crippen LogP contribution in [0.4, 0.5) is 4.39 Å². The minimum absolute atomic E-state index is 0.152. The molecule has 0 saturated heterocycles. The van der Waals surface area contributed by atoms with E-state index in [1.165, 1.54) is 17.1 Å². The second-order valence-electron chi connectivity index (χ2n) is 7.44. The summed E-state index contributed by atoms with van der Waals surface area (Å²) < 4.78 is 18.3. The van der Waals surface area contributed by atoms with Crippen molar-refractivity contribution in [1.29, 1.82) is 0 Å². The summed E-state index contributed by atoms with van der Waals surface area (Å²) >= 11 is 0. The predicted octanol–water partition coefficient (Wildman–Crippen LogP) is 2.69. The lowest BCUT2D eigenvalue weighted by molar-refractivity contribution is -0.154. The number of amides is 2. The van der Waals surface area contributed by atoms with Crippen molar-refractivity contribution in [1.82, 2.24) is 10.3 Å². The summed E-state index contributed by atoms with van der Waals surface area (Å²) in [5.41, 5.74) is -0.113. The smallest absolute Gasteiger partial charge is 0.331 e. The zero-order valence-corrected chi connectivity index (χ0v) is 16.6. The van der Waals surface area contributed by atoms with Crippen molar-refractivity contribution >= 4 is 23.5 Å². The number of benzene rings is 1. The number of halogens is 1. The molecule has 29 heavy (non-hydrogen) atoms. The molecule has 8 heteroatoms. The standard InChI is InChI=1S/C21H26FN3O4/c1-2-29-20(28)21(12-4-3-5-13-21)23-19(27)17-10-11-18(26)25(24-17)14-15-6-8-16(22)9-7-15/h6-9H,2-5,10-14H2,1H3,(H,23,27). The van der Waals surface area contributed by atoms with Gasteiger partial charge in [0.2, 0.25) is 5.91 Å². The monoisotopic (exact) mass is 403 g/mol. The van der Waals surface area contributed by atoms with E-state index in [2.05, 4.69) is 10.4 Å². The summed E-state index contributed by atoms with van der Waals surface area (Å²) in [5, 5.41) is 8.31. The largest absolute Gasteiger partial charge is 0.464 e. The van der Waals surface area contributed by atoms with Gasteiger partial charge >= 0.3 is 5.97 Å². The fourth-order valence-corrected chi connectivity index (χ4v) is 3.75. The average Bonchev–Trinajstić information content (AvgIpc) is 2.72. The molecular formula is C21H26FN3O4. The number of hydrogen-bond donors (Lipinski definition) is 1. The summed E-state index contributed by atoms with van der Waals surface area (Å²) in [6, 6.07) is 5.77. The van der Waals surface area contributed by atoms with E-state index in [1.807, 2.05) is 0 Å². The SMILES string of the molecule is CCOC(=O)C1(NC(=O)C2=NN(Cc3ccc(F)cc3)C(=O)CC2)CCCCC1. The Morgan fingerprint density at radius 2 is 1.86 bits per heavy atom. The zero-order chi connectivity index (χ0) is 20.9. The van der Waals surface area contributed by atoms with Gasteiger partial charge in [0.15, 0.2) is 0 Å². The number of ether oxygens (including phenoxy) is 1. The quantitative estimate of drug-likeness (QED) is 0.740. The molecule has 1 fully saturated rings. The number of carbonyl (C=O) groups is 3. The van der Waals surface area contributed by atoms with Crippen LogP contribution < -0.4 is 5.32 Å². The summed E-state index contributed by atoms with van der Waals surface area (Å²) in [4.78, 5) is 37.7. The van der Waals surface area contributed by atoms with Crippen LogP contribution in [0.2, 0.25) is 0 Å². The molecule has 1 saturated carbocycles. The number of nitrogens with zero attached hydrogens (tertiary/aromatic N) is 2. The number of nitrogens with one attached hydrogen (secondary N) is 1. The highest BCUT2D eigenvalue weighted by Crippen LogP contribution is 2.30. The van der Waals surface area contributed by atoms with E-state index >= 15 is 0 Å². The number of rotatable bonds is 6. The van der Waals surface area contributed by atoms with Crippen molar-refractivity contribution in [3.05, 3.63) is 35.6 Å². The molecule has 0 aromatic heterocycles. The first kappa shape index (κ1) is 21.0. The van der Waals surface area contributed by atoms with Gasteiger partial charge in [-0.1, -0.05) is 31.4 Å². The lowest BCUT2D eigenvalue weighted by atomic mass is 9.81. The van der Waals surface area contributed by atoms with Gasteiger partial charge in [-0.3, -0.25) is 9.59 Å². The van der Waals surface area contributed by atoms with E-state index in [-0.39, 0.29) is 43.4 Å². The lowest BCUT2D eigenvalue weighted by Crippen LogP contribution is -2.58. The lowest BCUT2D eigenvalue weighted by Gasteiger charge is -2.36. The Kier molecular flexibility index (Phi) is 6.61. The molecule has 0 atom stereocenters. The fraction of sp³-hybridized carbons (Fsp3) is 0.524. The molecule has 7 nitrogen and oxygen atoms in total. The van der Waals surface area contributed by atoms with Gasteiger partial charge in [-0.25, -0.2) is 14.2 Å². The molecule has 1 aromatic rings. The molecule has 2 aliphatic rings. The van der Waals surface area contributed by atoms with Crippen LogP contribution >= 0.6 is 0 Å². The van der Waals surface area contributed by atoms with Crippen LogP contribution in [0.15, 0.2) is 29.4 Å². The zero-order valence-electron chi connectivity index (χ0n) is 16.6. The highest BCUT2D eigenvalue weighted by molar-refractivity contribution is 6.40. The Balaban J connectivity index is 1.75.